The zero-order valence-corrected chi connectivity index (χ0v) is 6.89. The number of carbonyl (C=O) groups is 3. The van der Waals surface area contributed by atoms with E-state index in [1.807, 2.05) is 0 Å². The Bertz CT molecular complexity index is 274. The third kappa shape index (κ3) is 5.37. The van der Waals surface area contributed by atoms with E-state index in [9.17, 15) is 14.4 Å². The van der Waals surface area contributed by atoms with E-state index < -0.39 is 11.9 Å². The zero-order valence-electron chi connectivity index (χ0n) is 6.89. The first-order chi connectivity index (χ1) is 6.10. The molecule has 0 bridgehead atoms. The van der Waals surface area contributed by atoms with Gasteiger partial charge in [0.05, 0.1) is 7.11 Å². The third-order valence-electron chi connectivity index (χ3n) is 1.04. The van der Waals surface area contributed by atoms with E-state index in [1.165, 1.54) is 0 Å². The molecule has 0 amide bonds. The average molecular weight is 184 g/mol. The van der Waals surface area contributed by atoms with Crippen molar-refractivity contribution in [3.05, 3.63) is 23.8 Å². The summed E-state index contributed by atoms with van der Waals surface area (Å²) in [5, 5.41) is 8.20. The minimum Gasteiger partial charge on any atom is -0.478 e. The van der Waals surface area contributed by atoms with E-state index in [2.05, 4.69) is 4.74 Å². The quantitative estimate of drug-likeness (QED) is 0.286. The number of rotatable bonds is 4. The summed E-state index contributed by atoms with van der Waals surface area (Å²) in [4.78, 5) is 30.9. The maximum atomic E-state index is 10.6. The normalized spacial score (nSPS) is 11.3. The van der Waals surface area contributed by atoms with Gasteiger partial charge in [0, 0.05) is 17.7 Å². The van der Waals surface area contributed by atoms with Crippen molar-refractivity contribution in [1.29, 1.82) is 0 Å². The van der Waals surface area contributed by atoms with Crippen molar-refractivity contribution in [3.8, 4) is 0 Å². The molecule has 0 aliphatic heterocycles. The van der Waals surface area contributed by atoms with E-state index >= 15 is 0 Å². The van der Waals surface area contributed by atoms with Crippen molar-refractivity contribution in [2.75, 3.05) is 7.11 Å². The van der Waals surface area contributed by atoms with Gasteiger partial charge in [-0.25, -0.2) is 9.59 Å². The number of carbonyl (C=O) groups excluding carboxylic acids is 2. The van der Waals surface area contributed by atoms with Gasteiger partial charge in [0.2, 0.25) is 0 Å². The Morgan fingerprint density at radius 2 is 1.92 bits per heavy atom. The molecule has 0 aromatic rings. The van der Waals surface area contributed by atoms with Gasteiger partial charge < -0.3 is 9.84 Å². The SMILES string of the molecule is COC(=O)C=C(C=O)C=CC(=O)O. The van der Waals surface area contributed by atoms with Crippen LogP contribution in [0.15, 0.2) is 23.8 Å². The first kappa shape index (κ1) is 11.1. The molecule has 5 nitrogen and oxygen atoms in total. The molecule has 0 aromatic heterocycles. The number of aldehydes is 1. The minimum absolute atomic E-state index is 0.0609. The van der Waals surface area contributed by atoms with Gasteiger partial charge in [-0.1, -0.05) is 0 Å². The standard InChI is InChI=1S/C8H8O5/c1-13-8(12)4-6(5-9)2-3-7(10)11/h2-5H,1H3,(H,10,11). The largest absolute Gasteiger partial charge is 0.478 e. The van der Waals surface area contributed by atoms with Gasteiger partial charge in [0.25, 0.3) is 0 Å². The molecule has 0 radical (unpaired) electrons. The topological polar surface area (TPSA) is 80.7 Å². The molecule has 0 spiro atoms. The Kier molecular flexibility index (Phi) is 4.87. The summed E-state index contributed by atoms with van der Waals surface area (Å²) < 4.78 is 4.23. The van der Waals surface area contributed by atoms with Crippen molar-refractivity contribution in [1.82, 2.24) is 0 Å². The molecule has 5 heteroatoms. The van der Waals surface area contributed by atoms with Gasteiger partial charge in [-0.05, 0) is 6.08 Å². The van der Waals surface area contributed by atoms with Crippen molar-refractivity contribution in [2.24, 2.45) is 0 Å². The van der Waals surface area contributed by atoms with Gasteiger partial charge in [-0.2, -0.15) is 0 Å². The predicted molar refractivity (Wildman–Crippen MR) is 42.9 cm³/mol. The molecule has 0 fully saturated rings. The molecule has 13 heavy (non-hydrogen) atoms. The Morgan fingerprint density at radius 3 is 2.31 bits per heavy atom. The summed E-state index contributed by atoms with van der Waals surface area (Å²) in [6.45, 7) is 0. The molecular weight excluding hydrogens is 176 g/mol. The summed E-state index contributed by atoms with van der Waals surface area (Å²) in [7, 11) is 1.15. The smallest absolute Gasteiger partial charge is 0.331 e. The molecule has 0 aromatic carbocycles. The lowest BCUT2D eigenvalue weighted by Gasteiger charge is -1.90. The van der Waals surface area contributed by atoms with Crippen molar-refractivity contribution in [3.63, 3.8) is 0 Å². The molecule has 0 atom stereocenters. The number of esters is 1. The highest BCUT2D eigenvalue weighted by atomic mass is 16.5. The summed E-state index contributed by atoms with van der Waals surface area (Å²) in [6, 6.07) is 0. The molecule has 0 unspecified atom stereocenters. The average Bonchev–Trinajstić information content (AvgIpc) is 2.11. The highest BCUT2D eigenvalue weighted by Crippen LogP contribution is 1.93. The summed E-state index contributed by atoms with van der Waals surface area (Å²) in [6.07, 6.45) is 3.01. The van der Waals surface area contributed by atoms with Crippen LogP contribution in [0.4, 0.5) is 0 Å². The Labute approximate surface area is 74.3 Å². The van der Waals surface area contributed by atoms with Gasteiger partial charge in [-0.3, -0.25) is 4.79 Å². The molecule has 0 saturated carbocycles. The minimum atomic E-state index is -1.20. The molecular formula is C8H8O5. The molecule has 0 saturated heterocycles. The van der Waals surface area contributed by atoms with Crippen LogP contribution in [0.1, 0.15) is 0 Å². The molecule has 0 aliphatic rings. The number of allylic oxidation sites excluding steroid dienone is 2. The molecule has 0 aliphatic carbocycles. The fraction of sp³-hybridized carbons (Fsp3) is 0.125. The second-order valence-electron chi connectivity index (χ2n) is 1.96. The van der Waals surface area contributed by atoms with Crippen LogP contribution in [0.3, 0.4) is 0 Å². The number of ether oxygens (including phenoxy) is 1. The lowest BCUT2D eigenvalue weighted by atomic mass is 10.2. The Morgan fingerprint density at radius 1 is 1.31 bits per heavy atom. The van der Waals surface area contributed by atoms with Crippen LogP contribution in [0.2, 0.25) is 0 Å². The molecule has 1 N–H and O–H groups in total. The number of methoxy groups -OCH3 is 1. The Hall–Kier alpha value is -1.91. The number of carboxylic acids is 1. The summed E-state index contributed by atoms with van der Waals surface area (Å²) >= 11 is 0. The molecule has 0 heterocycles. The second-order valence-corrected chi connectivity index (χ2v) is 1.96. The van der Waals surface area contributed by atoms with E-state index in [0.717, 1.165) is 25.3 Å². The Balaban J connectivity index is 4.51. The van der Waals surface area contributed by atoms with E-state index in [0.29, 0.717) is 6.29 Å². The number of carboxylic acid groups (broad SMARTS) is 1. The lowest BCUT2D eigenvalue weighted by molar-refractivity contribution is -0.135. The first-order valence-electron chi connectivity index (χ1n) is 3.26. The monoisotopic (exact) mass is 184 g/mol. The van der Waals surface area contributed by atoms with E-state index in [1.54, 1.807) is 0 Å². The van der Waals surface area contributed by atoms with Gasteiger partial charge >= 0.3 is 11.9 Å². The fourth-order valence-electron chi connectivity index (χ4n) is 0.484. The zero-order chi connectivity index (χ0) is 10.3. The van der Waals surface area contributed by atoms with Crippen molar-refractivity contribution in [2.45, 2.75) is 0 Å². The summed E-state index contributed by atoms with van der Waals surface area (Å²) in [5.41, 5.74) is -0.0609. The van der Waals surface area contributed by atoms with Crippen molar-refractivity contribution >= 4 is 18.2 Å². The maximum absolute atomic E-state index is 10.6. The predicted octanol–water partition coefficient (Wildman–Crippen LogP) is -0.0745. The van der Waals surface area contributed by atoms with Crippen molar-refractivity contribution < 1.29 is 24.2 Å². The third-order valence-corrected chi connectivity index (χ3v) is 1.04. The molecule has 0 rings (SSSR count). The molecule has 70 valence electrons. The first-order valence-corrected chi connectivity index (χ1v) is 3.26. The summed E-state index contributed by atoms with van der Waals surface area (Å²) in [5.74, 6) is -1.91. The van der Waals surface area contributed by atoms with Crippen LogP contribution in [0, 0.1) is 0 Å². The van der Waals surface area contributed by atoms with Crippen LogP contribution in [-0.2, 0) is 19.1 Å². The number of aliphatic carboxylic acids is 1. The van der Waals surface area contributed by atoms with Gasteiger partial charge in [-0.15, -0.1) is 0 Å². The van der Waals surface area contributed by atoms with E-state index in [-0.39, 0.29) is 5.57 Å². The highest BCUT2D eigenvalue weighted by Gasteiger charge is 1.97. The van der Waals surface area contributed by atoms with Crippen LogP contribution in [-0.4, -0.2) is 30.4 Å². The maximum Gasteiger partial charge on any atom is 0.331 e. The van der Waals surface area contributed by atoms with E-state index in [4.69, 9.17) is 5.11 Å². The lowest BCUT2D eigenvalue weighted by Crippen LogP contribution is -1.97. The second kappa shape index (κ2) is 5.70. The number of hydrogen-bond donors (Lipinski definition) is 1. The van der Waals surface area contributed by atoms with Gasteiger partial charge in [0.1, 0.15) is 6.29 Å². The van der Waals surface area contributed by atoms with Gasteiger partial charge in [0.15, 0.2) is 0 Å². The van der Waals surface area contributed by atoms with Crippen LogP contribution in [0.25, 0.3) is 0 Å². The highest BCUT2D eigenvalue weighted by molar-refractivity contribution is 5.93. The van der Waals surface area contributed by atoms with Crippen LogP contribution >= 0.6 is 0 Å². The van der Waals surface area contributed by atoms with Crippen LogP contribution in [0.5, 0.6) is 0 Å². The van der Waals surface area contributed by atoms with Crippen LogP contribution < -0.4 is 0 Å². The fourth-order valence-corrected chi connectivity index (χ4v) is 0.484. The number of hydrogen-bond acceptors (Lipinski definition) is 4.